The molecule has 4 heterocycles. The van der Waals surface area contributed by atoms with Gasteiger partial charge in [-0.25, -0.2) is 18.4 Å². The highest BCUT2D eigenvalue weighted by Crippen LogP contribution is 2.37. The SMILES string of the molecule is Cc1cc(C)c2cccc(OCc3c(Cl)ccc(S(=O)(=O)N4CCC[C@H]4C(=O)N4CCN(C(=O)c5ccc(C#N)cn5)CC4)c3Cl)c2n1. The molecular weight excluding hydrogens is 675 g/mol. The van der Waals surface area contributed by atoms with Crippen molar-refractivity contribution in [2.24, 2.45) is 0 Å². The minimum Gasteiger partial charge on any atom is -0.487 e. The van der Waals surface area contributed by atoms with Crippen LogP contribution in [0.2, 0.25) is 10.0 Å². The van der Waals surface area contributed by atoms with Crippen LogP contribution in [-0.2, 0) is 21.4 Å². The predicted molar refractivity (Wildman–Crippen MR) is 180 cm³/mol. The highest BCUT2D eigenvalue weighted by atomic mass is 35.5. The fourth-order valence-electron chi connectivity index (χ4n) is 6.22. The maximum Gasteiger partial charge on any atom is 0.272 e. The number of piperazine rings is 1. The molecule has 2 saturated heterocycles. The second-order valence-electron chi connectivity index (χ2n) is 11.8. The second-order valence-corrected chi connectivity index (χ2v) is 14.4. The van der Waals surface area contributed by atoms with Crippen LogP contribution in [0.15, 0.2) is 59.6 Å². The monoisotopic (exact) mass is 706 g/mol. The second kappa shape index (κ2) is 13.7. The lowest BCUT2D eigenvalue weighted by atomic mass is 10.1. The third kappa shape index (κ3) is 6.43. The van der Waals surface area contributed by atoms with E-state index in [1.165, 1.54) is 34.8 Å². The number of benzene rings is 2. The molecule has 2 aliphatic rings. The number of amides is 2. The first kappa shape index (κ1) is 33.6. The van der Waals surface area contributed by atoms with Gasteiger partial charge >= 0.3 is 0 Å². The minimum absolute atomic E-state index is 0.0651. The zero-order valence-electron chi connectivity index (χ0n) is 26.3. The molecule has 0 radical (unpaired) electrons. The molecule has 0 N–H and O–H groups in total. The van der Waals surface area contributed by atoms with Crippen molar-refractivity contribution in [3.05, 3.63) is 92.9 Å². The van der Waals surface area contributed by atoms with Crippen LogP contribution in [0.25, 0.3) is 10.9 Å². The first-order valence-corrected chi connectivity index (χ1v) is 17.6. The van der Waals surface area contributed by atoms with Crippen molar-refractivity contribution in [3.8, 4) is 11.8 Å². The maximum atomic E-state index is 14.1. The number of rotatable bonds is 7. The number of sulfonamides is 1. The normalized spacial score (nSPS) is 17.0. The number of carbonyl (C=O) groups excluding carboxylic acids is 2. The van der Waals surface area contributed by atoms with Gasteiger partial charge in [0.2, 0.25) is 15.9 Å². The van der Waals surface area contributed by atoms with Crippen LogP contribution in [0.5, 0.6) is 5.75 Å². The molecule has 0 spiro atoms. The van der Waals surface area contributed by atoms with E-state index in [4.69, 9.17) is 33.2 Å². The van der Waals surface area contributed by atoms with Gasteiger partial charge < -0.3 is 14.5 Å². The molecule has 14 heteroatoms. The number of hydrogen-bond acceptors (Lipinski definition) is 8. The van der Waals surface area contributed by atoms with E-state index in [0.29, 0.717) is 35.2 Å². The Kier molecular flexibility index (Phi) is 9.58. The summed E-state index contributed by atoms with van der Waals surface area (Å²) in [4.78, 5) is 38.4. The van der Waals surface area contributed by atoms with Crippen molar-refractivity contribution >= 4 is 55.9 Å². The van der Waals surface area contributed by atoms with Crippen molar-refractivity contribution in [1.29, 1.82) is 5.26 Å². The van der Waals surface area contributed by atoms with Crippen LogP contribution in [0.4, 0.5) is 0 Å². The summed E-state index contributed by atoms with van der Waals surface area (Å²) in [6.07, 6.45) is 2.21. The van der Waals surface area contributed by atoms with Crippen LogP contribution >= 0.6 is 23.2 Å². The van der Waals surface area contributed by atoms with Crippen LogP contribution in [-0.4, -0.2) is 83.1 Å². The van der Waals surface area contributed by atoms with Gasteiger partial charge in [-0.1, -0.05) is 35.3 Å². The number of pyridine rings is 2. The fourth-order valence-corrected chi connectivity index (χ4v) is 8.73. The maximum absolute atomic E-state index is 14.1. The number of aryl methyl sites for hydroxylation is 2. The molecule has 2 aliphatic heterocycles. The molecule has 6 rings (SSSR count). The summed E-state index contributed by atoms with van der Waals surface area (Å²) >= 11 is 13.3. The molecule has 0 aliphatic carbocycles. The Morgan fingerprint density at radius 2 is 1.77 bits per heavy atom. The minimum atomic E-state index is -4.20. The molecular formula is C34H32Cl2N6O5S. The van der Waals surface area contributed by atoms with E-state index >= 15 is 0 Å². The molecule has 0 bridgehead atoms. The number of nitrogens with zero attached hydrogens (tertiary/aromatic N) is 6. The first-order chi connectivity index (χ1) is 23.0. The van der Waals surface area contributed by atoms with Crippen LogP contribution in [0.3, 0.4) is 0 Å². The molecule has 0 unspecified atom stereocenters. The number of halogens is 2. The third-order valence-electron chi connectivity index (χ3n) is 8.73. The number of hydrogen-bond donors (Lipinski definition) is 0. The zero-order chi connectivity index (χ0) is 34.2. The highest BCUT2D eigenvalue weighted by molar-refractivity contribution is 7.89. The van der Waals surface area contributed by atoms with E-state index in [1.807, 2.05) is 38.1 Å². The average Bonchev–Trinajstić information content (AvgIpc) is 3.59. The lowest BCUT2D eigenvalue weighted by Gasteiger charge is -2.37. The molecule has 2 amide bonds. The van der Waals surface area contributed by atoms with E-state index in [-0.39, 0.29) is 71.8 Å². The van der Waals surface area contributed by atoms with Gasteiger partial charge in [-0.2, -0.15) is 9.57 Å². The van der Waals surface area contributed by atoms with Gasteiger partial charge in [0.15, 0.2) is 0 Å². The summed E-state index contributed by atoms with van der Waals surface area (Å²) < 4.78 is 35.5. The van der Waals surface area contributed by atoms with Crippen molar-refractivity contribution in [1.82, 2.24) is 24.1 Å². The molecule has 48 heavy (non-hydrogen) atoms. The summed E-state index contributed by atoms with van der Waals surface area (Å²) in [6, 6.07) is 14.5. The smallest absolute Gasteiger partial charge is 0.272 e. The summed E-state index contributed by atoms with van der Waals surface area (Å²) in [5, 5.41) is 10.1. The molecule has 4 aromatic rings. The van der Waals surface area contributed by atoms with Gasteiger partial charge in [0.05, 0.1) is 10.6 Å². The Morgan fingerprint density at radius 3 is 2.48 bits per heavy atom. The van der Waals surface area contributed by atoms with Crippen LogP contribution < -0.4 is 4.74 Å². The Labute approximate surface area is 288 Å². The van der Waals surface area contributed by atoms with Crippen LogP contribution in [0.1, 0.15) is 45.7 Å². The zero-order valence-corrected chi connectivity index (χ0v) is 28.6. The van der Waals surface area contributed by atoms with Gasteiger partial charge in [0.25, 0.3) is 5.91 Å². The first-order valence-electron chi connectivity index (χ1n) is 15.4. The molecule has 0 saturated carbocycles. The van der Waals surface area contributed by atoms with Crippen molar-refractivity contribution < 1.29 is 22.7 Å². The quantitative estimate of drug-likeness (QED) is 0.258. The van der Waals surface area contributed by atoms with E-state index < -0.39 is 16.1 Å². The number of ether oxygens (including phenoxy) is 1. The number of fused-ring (bicyclic) bond motifs is 1. The number of nitriles is 1. The molecule has 2 aromatic heterocycles. The average molecular weight is 708 g/mol. The van der Waals surface area contributed by atoms with Gasteiger partial charge in [-0.3, -0.25) is 9.59 Å². The summed E-state index contributed by atoms with van der Waals surface area (Å²) in [7, 11) is -4.20. The van der Waals surface area contributed by atoms with E-state index in [0.717, 1.165) is 16.6 Å². The van der Waals surface area contributed by atoms with Gasteiger partial charge in [-0.15, -0.1) is 0 Å². The van der Waals surface area contributed by atoms with Gasteiger partial charge in [-0.05, 0) is 68.7 Å². The summed E-state index contributed by atoms with van der Waals surface area (Å²) in [5.74, 6) is -0.0991. The molecule has 248 valence electrons. The van der Waals surface area contributed by atoms with Crippen LogP contribution in [0, 0.1) is 25.2 Å². The topological polar surface area (TPSA) is 137 Å². The van der Waals surface area contributed by atoms with E-state index in [2.05, 4.69) is 9.97 Å². The van der Waals surface area contributed by atoms with Crippen molar-refractivity contribution in [2.75, 3.05) is 32.7 Å². The summed E-state index contributed by atoms with van der Waals surface area (Å²) in [6.45, 7) is 4.99. The predicted octanol–water partition coefficient (Wildman–Crippen LogP) is 5.14. The Hall–Kier alpha value is -4.28. The molecule has 2 fully saturated rings. The largest absolute Gasteiger partial charge is 0.487 e. The van der Waals surface area contributed by atoms with Crippen molar-refractivity contribution in [2.45, 2.75) is 44.2 Å². The molecule has 11 nitrogen and oxygen atoms in total. The van der Waals surface area contributed by atoms with E-state index in [9.17, 15) is 18.0 Å². The standard InChI is InChI=1S/C34H32Cl2N6O5S/c1-21-17-22(2)39-32-24(21)5-3-7-29(32)47-20-25-26(35)9-11-30(31(25)36)48(45,46)42-12-4-6-28(42)34(44)41-15-13-40(14-16-41)33(43)27-10-8-23(18-37)19-38-27/h3,5,7-11,17,19,28H,4,6,12-16,20H2,1-2H3/t28-/m0/s1. The van der Waals surface area contributed by atoms with Gasteiger partial charge in [0.1, 0.15) is 40.6 Å². The van der Waals surface area contributed by atoms with E-state index in [1.54, 1.807) is 15.9 Å². The number of para-hydroxylation sites is 1. The number of aromatic nitrogens is 2. The Morgan fingerprint density at radius 1 is 1.02 bits per heavy atom. The lowest BCUT2D eigenvalue weighted by Crippen LogP contribution is -2.55. The lowest BCUT2D eigenvalue weighted by molar-refractivity contribution is -0.136. The van der Waals surface area contributed by atoms with Gasteiger partial charge in [0, 0.05) is 60.6 Å². The van der Waals surface area contributed by atoms with Crippen molar-refractivity contribution in [3.63, 3.8) is 0 Å². The molecule has 1 atom stereocenters. The molecule has 2 aromatic carbocycles. The Bertz CT molecular complexity index is 2060. The third-order valence-corrected chi connectivity index (χ3v) is 11.6. The fraction of sp³-hybridized carbons (Fsp3) is 0.324. The number of carbonyl (C=O) groups is 2. The summed E-state index contributed by atoms with van der Waals surface area (Å²) in [5.41, 5.74) is 3.45. The Balaban J connectivity index is 1.17. The highest BCUT2D eigenvalue weighted by Gasteiger charge is 2.43.